The molecule has 1 rings (SSSR count). The number of rotatable bonds is 2. The Labute approximate surface area is 79.7 Å². The fourth-order valence-electron chi connectivity index (χ4n) is 1.36. The molecule has 7 heteroatoms. The summed E-state index contributed by atoms with van der Waals surface area (Å²) in [5.74, 6) is -1.40. The first-order valence-electron chi connectivity index (χ1n) is 4.10. The van der Waals surface area contributed by atoms with E-state index in [4.69, 9.17) is 20.7 Å². The molecule has 1 fully saturated rings. The van der Waals surface area contributed by atoms with Crippen LogP contribution in [0.25, 0.3) is 0 Å². The highest BCUT2D eigenvalue weighted by atomic mass is 16.5. The Balaban J connectivity index is 2.78. The van der Waals surface area contributed by atoms with Gasteiger partial charge in [0.25, 0.3) is 0 Å². The molecule has 0 aromatic heterocycles. The standard InChI is InChI=1S/C7H13NO6/c8-3-2(1-9)14-6(7(12)13)5(11)4(3)10/h2-6,9-11H,1,8H2,(H,12,13)/t2-,3?,4+,5?,6-/m1/s1. The quantitative estimate of drug-likeness (QED) is 0.323. The van der Waals surface area contributed by atoms with E-state index in [0.29, 0.717) is 0 Å². The molecule has 0 spiro atoms. The van der Waals surface area contributed by atoms with E-state index in [9.17, 15) is 15.0 Å². The van der Waals surface area contributed by atoms with Gasteiger partial charge >= 0.3 is 5.97 Å². The number of hydrogen-bond donors (Lipinski definition) is 5. The van der Waals surface area contributed by atoms with Gasteiger partial charge in [-0.25, -0.2) is 4.79 Å². The summed E-state index contributed by atoms with van der Waals surface area (Å²) in [7, 11) is 0. The lowest BCUT2D eigenvalue weighted by Crippen LogP contribution is -2.63. The van der Waals surface area contributed by atoms with Crippen molar-refractivity contribution in [1.82, 2.24) is 0 Å². The van der Waals surface area contributed by atoms with Crippen LogP contribution in [0.15, 0.2) is 0 Å². The van der Waals surface area contributed by atoms with Crippen LogP contribution in [0.1, 0.15) is 0 Å². The highest BCUT2D eigenvalue weighted by Gasteiger charge is 2.45. The van der Waals surface area contributed by atoms with Gasteiger partial charge in [0.15, 0.2) is 6.10 Å². The van der Waals surface area contributed by atoms with Crippen LogP contribution in [-0.4, -0.2) is 63.5 Å². The van der Waals surface area contributed by atoms with Gasteiger partial charge in [0, 0.05) is 0 Å². The van der Waals surface area contributed by atoms with Crippen LogP contribution in [0.3, 0.4) is 0 Å². The summed E-state index contributed by atoms with van der Waals surface area (Å²) < 4.78 is 4.81. The van der Waals surface area contributed by atoms with E-state index in [-0.39, 0.29) is 0 Å². The summed E-state index contributed by atoms with van der Waals surface area (Å²) in [5, 5.41) is 36.0. The number of hydrogen-bond acceptors (Lipinski definition) is 6. The first-order valence-corrected chi connectivity index (χ1v) is 4.10. The molecule has 6 N–H and O–H groups in total. The number of carboxylic acids is 1. The van der Waals surface area contributed by atoms with Crippen LogP contribution in [0.5, 0.6) is 0 Å². The molecule has 2 unspecified atom stereocenters. The second kappa shape index (κ2) is 4.20. The summed E-state index contributed by atoms with van der Waals surface area (Å²) in [4.78, 5) is 10.6. The number of ether oxygens (including phenoxy) is 1. The van der Waals surface area contributed by atoms with E-state index in [1.807, 2.05) is 0 Å². The first-order chi connectivity index (χ1) is 6.49. The molecule has 0 radical (unpaired) electrons. The molecule has 1 aliphatic rings. The van der Waals surface area contributed by atoms with Gasteiger partial charge in [0.05, 0.1) is 18.8 Å². The predicted molar refractivity (Wildman–Crippen MR) is 43.4 cm³/mol. The van der Waals surface area contributed by atoms with Crippen molar-refractivity contribution in [3.8, 4) is 0 Å². The summed E-state index contributed by atoms with van der Waals surface area (Å²) in [6, 6.07) is -0.995. The van der Waals surface area contributed by atoms with Crippen molar-refractivity contribution in [2.45, 2.75) is 30.5 Å². The lowest BCUT2D eigenvalue weighted by Gasteiger charge is -2.38. The number of aliphatic carboxylic acids is 1. The van der Waals surface area contributed by atoms with Gasteiger partial charge in [-0.15, -0.1) is 0 Å². The Morgan fingerprint density at radius 2 is 1.93 bits per heavy atom. The first kappa shape index (κ1) is 11.3. The van der Waals surface area contributed by atoms with Crippen molar-refractivity contribution < 1.29 is 30.0 Å². The molecule has 1 saturated heterocycles. The third-order valence-electron chi connectivity index (χ3n) is 2.23. The number of nitrogens with two attached hydrogens (primary N) is 1. The van der Waals surface area contributed by atoms with Crippen molar-refractivity contribution in [2.24, 2.45) is 5.73 Å². The van der Waals surface area contributed by atoms with Gasteiger partial charge in [-0.3, -0.25) is 0 Å². The molecule has 0 saturated carbocycles. The topological polar surface area (TPSA) is 133 Å². The molecular formula is C7H13NO6. The smallest absolute Gasteiger partial charge is 0.335 e. The van der Waals surface area contributed by atoms with E-state index < -0.39 is 43.0 Å². The Hall–Kier alpha value is -0.730. The average Bonchev–Trinajstić information content (AvgIpc) is 2.14. The van der Waals surface area contributed by atoms with Gasteiger partial charge < -0.3 is 30.9 Å². The molecule has 0 aromatic rings. The second-order valence-electron chi connectivity index (χ2n) is 3.17. The number of carboxylic acid groups (broad SMARTS) is 1. The lowest BCUT2D eigenvalue weighted by atomic mass is 9.94. The van der Waals surface area contributed by atoms with Crippen LogP contribution in [0.2, 0.25) is 0 Å². The van der Waals surface area contributed by atoms with Crippen molar-refractivity contribution in [1.29, 1.82) is 0 Å². The van der Waals surface area contributed by atoms with Gasteiger partial charge in [-0.2, -0.15) is 0 Å². The lowest BCUT2D eigenvalue weighted by molar-refractivity contribution is -0.203. The molecule has 5 atom stereocenters. The number of carbonyl (C=O) groups is 1. The summed E-state index contributed by atoms with van der Waals surface area (Å²) >= 11 is 0. The summed E-state index contributed by atoms with van der Waals surface area (Å²) in [5.41, 5.74) is 5.40. The van der Waals surface area contributed by atoms with E-state index in [1.54, 1.807) is 0 Å². The monoisotopic (exact) mass is 207 g/mol. The Morgan fingerprint density at radius 1 is 1.36 bits per heavy atom. The molecule has 7 nitrogen and oxygen atoms in total. The molecule has 1 aliphatic heterocycles. The van der Waals surface area contributed by atoms with Gasteiger partial charge in [0.2, 0.25) is 0 Å². The fraction of sp³-hybridized carbons (Fsp3) is 0.857. The maximum absolute atomic E-state index is 10.6. The van der Waals surface area contributed by atoms with Gasteiger partial charge in [-0.1, -0.05) is 0 Å². The summed E-state index contributed by atoms with van der Waals surface area (Å²) in [6.45, 7) is -0.505. The van der Waals surface area contributed by atoms with Crippen LogP contribution in [0, 0.1) is 0 Å². The maximum Gasteiger partial charge on any atom is 0.335 e. The van der Waals surface area contributed by atoms with E-state index >= 15 is 0 Å². The largest absolute Gasteiger partial charge is 0.479 e. The predicted octanol–water partition coefficient (Wildman–Crippen LogP) is -3.12. The van der Waals surface area contributed by atoms with Crippen LogP contribution < -0.4 is 5.73 Å². The zero-order chi connectivity index (χ0) is 10.9. The van der Waals surface area contributed by atoms with Crippen molar-refractivity contribution >= 4 is 5.97 Å². The minimum atomic E-state index is -1.58. The van der Waals surface area contributed by atoms with Crippen molar-refractivity contribution in [3.05, 3.63) is 0 Å². The molecule has 0 bridgehead atoms. The minimum absolute atomic E-state index is 0.505. The SMILES string of the molecule is NC1[C@H](O)C(O)[C@H](C(=O)O)O[C@@H]1CO. The van der Waals surface area contributed by atoms with Gasteiger partial charge in [0.1, 0.15) is 12.2 Å². The maximum atomic E-state index is 10.6. The normalized spacial score (nSPS) is 43.6. The van der Waals surface area contributed by atoms with E-state index in [2.05, 4.69) is 0 Å². The molecule has 0 aliphatic carbocycles. The van der Waals surface area contributed by atoms with E-state index in [1.165, 1.54) is 0 Å². The number of aliphatic hydroxyl groups is 3. The average molecular weight is 207 g/mol. The highest BCUT2D eigenvalue weighted by molar-refractivity contribution is 5.73. The third kappa shape index (κ3) is 1.86. The van der Waals surface area contributed by atoms with Crippen LogP contribution in [-0.2, 0) is 9.53 Å². The van der Waals surface area contributed by atoms with Crippen molar-refractivity contribution in [2.75, 3.05) is 6.61 Å². The molecule has 14 heavy (non-hydrogen) atoms. The van der Waals surface area contributed by atoms with Gasteiger partial charge in [-0.05, 0) is 0 Å². The van der Waals surface area contributed by atoms with Crippen molar-refractivity contribution in [3.63, 3.8) is 0 Å². The Bertz CT molecular complexity index is 220. The fourth-order valence-corrected chi connectivity index (χ4v) is 1.36. The molecular weight excluding hydrogens is 194 g/mol. The molecule has 0 aromatic carbocycles. The third-order valence-corrected chi connectivity index (χ3v) is 2.23. The zero-order valence-corrected chi connectivity index (χ0v) is 7.28. The molecule has 0 amide bonds. The van der Waals surface area contributed by atoms with Crippen LogP contribution in [0.4, 0.5) is 0 Å². The van der Waals surface area contributed by atoms with Crippen LogP contribution >= 0.6 is 0 Å². The highest BCUT2D eigenvalue weighted by Crippen LogP contribution is 2.19. The Kier molecular flexibility index (Phi) is 3.40. The molecule has 1 heterocycles. The summed E-state index contributed by atoms with van der Waals surface area (Å²) in [6.07, 6.45) is -5.52. The Morgan fingerprint density at radius 3 is 2.36 bits per heavy atom. The van der Waals surface area contributed by atoms with E-state index in [0.717, 1.165) is 0 Å². The second-order valence-corrected chi connectivity index (χ2v) is 3.17. The number of aliphatic hydroxyl groups excluding tert-OH is 3. The molecule has 82 valence electrons. The minimum Gasteiger partial charge on any atom is -0.479 e. The zero-order valence-electron chi connectivity index (χ0n) is 7.28.